The Bertz CT molecular complexity index is 1260. The van der Waals surface area contributed by atoms with Gasteiger partial charge in [-0.2, -0.15) is 0 Å². The van der Waals surface area contributed by atoms with Crippen LogP contribution in [0.4, 0.5) is 4.39 Å². The minimum absolute atomic E-state index is 0.0491. The summed E-state index contributed by atoms with van der Waals surface area (Å²) in [6, 6.07) is 8.68. The fourth-order valence-corrected chi connectivity index (χ4v) is 3.28. The normalized spacial score (nSPS) is 15.7. The minimum atomic E-state index is -0.261. The second-order valence-corrected chi connectivity index (χ2v) is 7.17. The van der Waals surface area contributed by atoms with Crippen LogP contribution in [0.1, 0.15) is 30.8 Å². The van der Waals surface area contributed by atoms with Crippen LogP contribution in [0.25, 0.3) is 17.8 Å². The van der Waals surface area contributed by atoms with Crippen molar-refractivity contribution in [3.05, 3.63) is 74.4 Å². The summed E-state index contributed by atoms with van der Waals surface area (Å²) < 4.78 is 19.5. The van der Waals surface area contributed by atoms with E-state index in [9.17, 15) is 4.39 Å². The van der Waals surface area contributed by atoms with Gasteiger partial charge in [0.2, 0.25) is 0 Å². The molecule has 0 saturated heterocycles. The first-order valence-corrected chi connectivity index (χ1v) is 9.03. The Morgan fingerprint density at radius 3 is 2.63 bits per heavy atom. The van der Waals surface area contributed by atoms with Gasteiger partial charge in [0.1, 0.15) is 11.6 Å². The molecule has 0 atom stereocenters. The average Bonchev–Trinajstić information content (AvgIpc) is 3.25. The van der Waals surface area contributed by atoms with Crippen molar-refractivity contribution in [3.63, 3.8) is 0 Å². The topological polar surface area (TPSA) is 53.2 Å². The summed E-state index contributed by atoms with van der Waals surface area (Å²) in [5.41, 5.74) is 4.09. The maximum Gasteiger partial charge on any atom is 0.145 e. The number of rotatable bonds is 3. The summed E-state index contributed by atoms with van der Waals surface area (Å²) in [5, 5.41) is 3.28. The Morgan fingerprint density at radius 1 is 1.11 bits per heavy atom. The van der Waals surface area contributed by atoms with Gasteiger partial charge in [-0.25, -0.2) is 9.38 Å². The number of nitrogens with one attached hydrogen (secondary N) is 2. The van der Waals surface area contributed by atoms with Crippen molar-refractivity contribution in [1.29, 1.82) is 0 Å². The van der Waals surface area contributed by atoms with Crippen molar-refractivity contribution < 1.29 is 9.13 Å². The molecule has 1 aliphatic heterocycles. The average molecular weight is 363 g/mol. The standard InChI is InChI=1S/C22H22FN3O/c1-12(2)27-22-11-20(19-9-15-8-16(23)5-6-17(15)25-19)26-21(22)10-18-13(3)7-14(4)24-18/h5-12,24,26H,1-4H3/b20-19?,21-10+. The summed E-state index contributed by atoms with van der Waals surface area (Å²) in [5.74, 6) is 0.508. The Kier molecular flexibility index (Phi) is 4.22. The molecule has 3 aromatic rings. The van der Waals surface area contributed by atoms with E-state index in [1.165, 1.54) is 17.7 Å². The number of aromatic nitrogens is 2. The van der Waals surface area contributed by atoms with Crippen molar-refractivity contribution >= 4 is 17.8 Å². The Balaban J connectivity index is 1.92. The van der Waals surface area contributed by atoms with Gasteiger partial charge in [-0.05, 0) is 69.7 Å². The molecule has 2 N–H and O–H groups in total. The fraction of sp³-hybridized carbons (Fsp3) is 0.227. The summed E-state index contributed by atoms with van der Waals surface area (Å²) in [4.78, 5) is 11.4. The van der Waals surface area contributed by atoms with E-state index in [1.807, 2.05) is 39.0 Å². The molecule has 0 radical (unpaired) electrons. The van der Waals surface area contributed by atoms with Crippen LogP contribution >= 0.6 is 0 Å². The zero-order valence-electron chi connectivity index (χ0n) is 15.9. The molecule has 0 aliphatic carbocycles. The zero-order chi connectivity index (χ0) is 19.1. The van der Waals surface area contributed by atoms with E-state index in [1.54, 1.807) is 6.07 Å². The monoisotopic (exact) mass is 363 g/mol. The number of nitrogens with zero attached hydrogens (tertiary/aromatic N) is 1. The van der Waals surface area contributed by atoms with Gasteiger partial charge in [-0.3, -0.25) is 0 Å². The van der Waals surface area contributed by atoms with Crippen LogP contribution < -0.4 is 26.0 Å². The molecule has 0 bridgehead atoms. The van der Waals surface area contributed by atoms with Gasteiger partial charge in [0, 0.05) is 22.7 Å². The number of hydrogen-bond donors (Lipinski definition) is 2. The molecule has 2 aromatic heterocycles. The van der Waals surface area contributed by atoms with E-state index in [4.69, 9.17) is 4.74 Å². The lowest BCUT2D eigenvalue weighted by Gasteiger charge is -2.06. The molecule has 5 heteroatoms. The maximum absolute atomic E-state index is 13.5. The number of hydrogen-bond acceptors (Lipinski definition) is 2. The number of fused-ring (bicyclic) bond motifs is 1. The lowest BCUT2D eigenvalue weighted by atomic mass is 10.2. The van der Waals surface area contributed by atoms with Gasteiger partial charge in [0.05, 0.1) is 27.9 Å². The highest BCUT2D eigenvalue weighted by Gasteiger charge is 2.09. The van der Waals surface area contributed by atoms with Crippen LogP contribution in [-0.2, 0) is 0 Å². The minimum Gasteiger partial charge on any atom is -0.489 e. The second kappa shape index (κ2) is 6.58. The number of halogens is 1. The third-order valence-corrected chi connectivity index (χ3v) is 4.45. The third kappa shape index (κ3) is 3.45. The van der Waals surface area contributed by atoms with E-state index in [2.05, 4.69) is 28.0 Å². The van der Waals surface area contributed by atoms with Crippen LogP contribution in [0, 0.1) is 19.7 Å². The largest absolute Gasteiger partial charge is 0.489 e. The molecule has 0 saturated carbocycles. The summed E-state index contributed by atoms with van der Waals surface area (Å²) in [6.45, 7) is 8.10. The van der Waals surface area contributed by atoms with E-state index >= 15 is 0 Å². The highest BCUT2D eigenvalue weighted by molar-refractivity contribution is 5.76. The van der Waals surface area contributed by atoms with E-state index < -0.39 is 0 Å². The van der Waals surface area contributed by atoms with Crippen molar-refractivity contribution in [2.75, 3.05) is 0 Å². The first kappa shape index (κ1) is 17.3. The predicted octanol–water partition coefficient (Wildman–Crippen LogP) is 1.94. The number of aryl methyl sites for hydroxylation is 2. The van der Waals surface area contributed by atoms with Crippen molar-refractivity contribution in [2.45, 2.75) is 33.8 Å². The second-order valence-electron chi connectivity index (χ2n) is 7.17. The molecular formula is C22H22FN3O. The van der Waals surface area contributed by atoms with Gasteiger partial charge in [0.15, 0.2) is 0 Å². The van der Waals surface area contributed by atoms with Gasteiger partial charge in [0.25, 0.3) is 0 Å². The van der Waals surface area contributed by atoms with Crippen LogP contribution in [0.2, 0.25) is 0 Å². The van der Waals surface area contributed by atoms with Crippen molar-refractivity contribution in [3.8, 4) is 5.75 Å². The van der Waals surface area contributed by atoms with Crippen LogP contribution in [0.3, 0.4) is 0 Å². The summed E-state index contributed by atoms with van der Waals surface area (Å²) in [7, 11) is 0. The predicted molar refractivity (Wildman–Crippen MR) is 105 cm³/mol. The third-order valence-electron chi connectivity index (χ3n) is 4.45. The highest BCUT2D eigenvalue weighted by Crippen LogP contribution is 2.11. The number of aromatic amines is 2. The zero-order valence-corrected chi connectivity index (χ0v) is 15.9. The van der Waals surface area contributed by atoms with Crippen LogP contribution in [-0.4, -0.2) is 16.1 Å². The van der Waals surface area contributed by atoms with Crippen molar-refractivity contribution in [2.24, 2.45) is 4.99 Å². The highest BCUT2D eigenvalue weighted by atomic mass is 19.1. The molecule has 0 amide bonds. The maximum atomic E-state index is 13.5. The molecule has 1 aliphatic rings. The van der Waals surface area contributed by atoms with Crippen molar-refractivity contribution in [1.82, 2.24) is 9.97 Å². The number of H-pyrrole nitrogens is 2. The molecule has 0 fully saturated rings. The first-order chi connectivity index (χ1) is 12.9. The van der Waals surface area contributed by atoms with E-state index in [-0.39, 0.29) is 11.9 Å². The lowest BCUT2D eigenvalue weighted by Crippen LogP contribution is -2.20. The lowest BCUT2D eigenvalue weighted by molar-refractivity contribution is 0.240. The molecule has 3 heterocycles. The summed E-state index contributed by atoms with van der Waals surface area (Å²) in [6.07, 6.45) is 3.98. The first-order valence-electron chi connectivity index (χ1n) is 9.03. The number of benzene rings is 1. The SMILES string of the molecule is Cc1cc(C)c(/C=c2/[nH]c(=C3C=c4cc(F)ccc4=N3)cc2OC(C)C)[nH]1. The molecule has 4 nitrogen and oxygen atoms in total. The molecule has 0 spiro atoms. The smallest absolute Gasteiger partial charge is 0.145 e. The van der Waals surface area contributed by atoms with Crippen LogP contribution in [0.5, 0.6) is 5.75 Å². The fourth-order valence-electron chi connectivity index (χ4n) is 3.28. The van der Waals surface area contributed by atoms with Gasteiger partial charge < -0.3 is 14.7 Å². The molecule has 27 heavy (non-hydrogen) atoms. The molecule has 4 rings (SSSR count). The molecule has 0 unspecified atom stereocenters. The Labute approximate surface area is 156 Å². The molecular weight excluding hydrogens is 341 g/mol. The molecule has 1 aromatic carbocycles. The molecule has 138 valence electrons. The van der Waals surface area contributed by atoms with Gasteiger partial charge in [-0.15, -0.1) is 0 Å². The Hall–Kier alpha value is -3.08. The van der Waals surface area contributed by atoms with E-state index in [0.717, 1.165) is 44.1 Å². The number of ether oxygens (including phenoxy) is 1. The van der Waals surface area contributed by atoms with Crippen LogP contribution in [0.15, 0.2) is 35.3 Å². The van der Waals surface area contributed by atoms with Gasteiger partial charge >= 0.3 is 0 Å². The quantitative estimate of drug-likeness (QED) is 0.734. The Morgan fingerprint density at radius 2 is 1.93 bits per heavy atom. The van der Waals surface area contributed by atoms with Gasteiger partial charge in [-0.1, -0.05) is 0 Å². The van der Waals surface area contributed by atoms with E-state index in [0.29, 0.717) is 0 Å². The summed E-state index contributed by atoms with van der Waals surface area (Å²) >= 11 is 0.